The van der Waals surface area contributed by atoms with Crippen LogP contribution in [0.2, 0.25) is 0 Å². The van der Waals surface area contributed by atoms with Crippen LogP contribution in [-0.2, 0) is 22.4 Å². The van der Waals surface area contributed by atoms with E-state index in [9.17, 15) is 9.59 Å². The van der Waals surface area contributed by atoms with E-state index in [1.807, 2.05) is 12.1 Å². The van der Waals surface area contributed by atoms with Crippen LogP contribution in [0.5, 0.6) is 0 Å². The van der Waals surface area contributed by atoms with Crippen molar-refractivity contribution in [2.45, 2.75) is 25.7 Å². The number of likely N-dealkylation sites (N-methyl/N-ethyl adjacent to an activating group) is 1. The lowest BCUT2D eigenvalue weighted by atomic mass is 9.91. The van der Waals surface area contributed by atoms with E-state index in [4.69, 9.17) is 0 Å². The largest absolute Gasteiger partial charge is 0.309 e. The van der Waals surface area contributed by atoms with E-state index in [1.54, 1.807) is 7.05 Å². The van der Waals surface area contributed by atoms with E-state index < -0.39 is 5.91 Å². The summed E-state index contributed by atoms with van der Waals surface area (Å²) in [6.07, 6.45) is 5.00. The molecule has 0 atom stereocenters. The third-order valence-electron chi connectivity index (χ3n) is 3.15. The van der Waals surface area contributed by atoms with Gasteiger partial charge in [0.2, 0.25) is 6.29 Å². The summed E-state index contributed by atoms with van der Waals surface area (Å²) < 4.78 is 0. The van der Waals surface area contributed by atoms with Crippen LogP contribution in [0.1, 0.15) is 24.0 Å². The molecule has 1 aromatic rings. The van der Waals surface area contributed by atoms with Gasteiger partial charge in [-0.25, -0.2) is 0 Å². The Kier molecular flexibility index (Phi) is 3.04. The molecular formula is C13H15NO2. The zero-order valence-electron chi connectivity index (χ0n) is 9.40. The second kappa shape index (κ2) is 4.47. The normalized spacial score (nSPS) is 14.1. The van der Waals surface area contributed by atoms with Gasteiger partial charge >= 0.3 is 0 Å². The van der Waals surface area contributed by atoms with Gasteiger partial charge in [0.25, 0.3) is 5.91 Å². The number of aryl methyl sites for hydroxylation is 2. The predicted octanol–water partition coefficient (Wildman–Crippen LogP) is 1.73. The molecule has 3 heteroatoms. The molecule has 0 radical (unpaired) electrons. The molecule has 3 nitrogen and oxygen atoms in total. The molecule has 0 heterocycles. The van der Waals surface area contributed by atoms with Gasteiger partial charge in [0.15, 0.2) is 0 Å². The van der Waals surface area contributed by atoms with E-state index in [2.05, 4.69) is 6.07 Å². The maximum Gasteiger partial charge on any atom is 0.290 e. The molecule has 0 aromatic heterocycles. The summed E-state index contributed by atoms with van der Waals surface area (Å²) in [6, 6.07) is 6.00. The van der Waals surface area contributed by atoms with Crippen molar-refractivity contribution in [1.82, 2.24) is 0 Å². The van der Waals surface area contributed by atoms with Gasteiger partial charge in [-0.1, -0.05) is 6.07 Å². The van der Waals surface area contributed by atoms with E-state index in [-0.39, 0.29) is 0 Å². The first-order valence-corrected chi connectivity index (χ1v) is 5.57. The molecule has 0 spiro atoms. The summed E-state index contributed by atoms with van der Waals surface area (Å²) in [5, 5.41) is 0. The fourth-order valence-corrected chi connectivity index (χ4v) is 2.13. The van der Waals surface area contributed by atoms with Gasteiger partial charge in [0, 0.05) is 12.7 Å². The fourth-order valence-electron chi connectivity index (χ4n) is 2.13. The quantitative estimate of drug-likeness (QED) is 0.559. The summed E-state index contributed by atoms with van der Waals surface area (Å²) >= 11 is 0. The van der Waals surface area contributed by atoms with Crippen molar-refractivity contribution >= 4 is 17.9 Å². The molecule has 0 saturated heterocycles. The highest BCUT2D eigenvalue weighted by molar-refractivity contribution is 6.30. The maximum absolute atomic E-state index is 11.2. The van der Waals surface area contributed by atoms with Gasteiger partial charge < -0.3 is 4.90 Å². The lowest BCUT2D eigenvalue weighted by molar-refractivity contribution is -0.129. The summed E-state index contributed by atoms with van der Waals surface area (Å²) in [5.41, 5.74) is 3.49. The Balaban J connectivity index is 2.29. The monoisotopic (exact) mass is 217 g/mol. The van der Waals surface area contributed by atoms with Gasteiger partial charge in [-0.05, 0) is 48.9 Å². The first-order valence-electron chi connectivity index (χ1n) is 5.57. The zero-order valence-corrected chi connectivity index (χ0v) is 9.40. The number of rotatable bonds is 2. The van der Waals surface area contributed by atoms with Crippen molar-refractivity contribution in [2.75, 3.05) is 11.9 Å². The van der Waals surface area contributed by atoms with E-state index in [0.717, 1.165) is 18.5 Å². The van der Waals surface area contributed by atoms with Crippen LogP contribution in [0, 0.1) is 0 Å². The Bertz CT molecular complexity index is 426. The Morgan fingerprint density at radius 1 is 1.25 bits per heavy atom. The number of benzene rings is 1. The summed E-state index contributed by atoms with van der Waals surface area (Å²) in [7, 11) is 1.63. The predicted molar refractivity (Wildman–Crippen MR) is 62.6 cm³/mol. The second-order valence-electron chi connectivity index (χ2n) is 4.18. The Morgan fingerprint density at radius 3 is 2.62 bits per heavy atom. The number of aldehydes is 1. The number of hydrogen-bond donors (Lipinski definition) is 0. The van der Waals surface area contributed by atoms with E-state index >= 15 is 0 Å². The number of fused-ring (bicyclic) bond motifs is 1. The minimum atomic E-state index is -0.504. The molecule has 0 bridgehead atoms. The lowest BCUT2D eigenvalue weighted by Crippen LogP contribution is -2.27. The van der Waals surface area contributed by atoms with Crippen molar-refractivity contribution in [2.24, 2.45) is 0 Å². The van der Waals surface area contributed by atoms with Crippen molar-refractivity contribution in [3.8, 4) is 0 Å². The topological polar surface area (TPSA) is 37.4 Å². The first kappa shape index (κ1) is 10.9. The Labute approximate surface area is 95.1 Å². The van der Waals surface area contributed by atoms with Crippen LogP contribution >= 0.6 is 0 Å². The zero-order chi connectivity index (χ0) is 11.5. The van der Waals surface area contributed by atoms with E-state index in [0.29, 0.717) is 6.29 Å². The lowest BCUT2D eigenvalue weighted by Gasteiger charge is -2.20. The minimum Gasteiger partial charge on any atom is -0.309 e. The molecule has 84 valence electrons. The molecule has 0 N–H and O–H groups in total. The molecule has 0 saturated carbocycles. The van der Waals surface area contributed by atoms with Crippen LogP contribution in [0.3, 0.4) is 0 Å². The molecule has 1 aliphatic rings. The van der Waals surface area contributed by atoms with Crippen LogP contribution in [0.15, 0.2) is 18.2 Å². The van der Waals surface area contributed by atoms with Crippen molar-refractivity contribution in [1.29, 1.82) is 0 Å². The molecule has 0 fully saturated rings. The van der Waals surface area contributed by atoms with Gasteiger partial charge in [0.05, 0.1) is 0 Å². The Morgan fingerprint density at radius 2 is 1.94 bits per heavy atom. The smallest absolute Gasteiger partial charge is 0.290 e. The van der Waals surface area contributed by atoms with Crippen molar-refractivity contribution in [3.05, 3.63) is 29.3 Å². The highest BCUT2D eigenvalue weighted by Gasteiger charge is 2.13. The number of amides is 1. The van der Waals surface area contributed by atoms with Gasteiger partial charge in [-0.3, -0.25) is 9.59 Å². The van der Waals surface area contributed by atoms with Gasteiger partial charge in [-0.15, -0.1) is 0 Å². The first-order chi connectivity index (χ1) is 7.72. The standard InChI is InChI=1S/C13H15NO2/c1-14(13(16)9-15)12-7-6-10-4-2-3-5-11(10)8-12/h6-9H,2-5H2,1H3. The number of carbonyl (C=O) groups is 2. The second-order valence-corrected chi connectivity index (χ2v) is 4.18. The number of anilines is 1. The third-order valence-corrected chi connectivity index (χ3v) is 3.15. The molecule has 0 unspecified atom stereocenters. The molecule has 1 amide bonds. The molecule has 0 aliphatic heterocycles. The van der Waals surface area contributed by atoms with Crippen molar-refractivity contribution < 1.29 is 9.59 Å². The highest BCUT2D eigenvalue weighted by Crippen LogP contribution is 2.25. The van der Waals surface area contributed by atoms with Crippen LogP contribution in [0.25, 0.3) is 0 Å². The van der Waals surface area contributed by atoms with Crippen LogP contribution in [0.4, 0.5) is 5.69 Å². The summed E-state index contributed by atoms with van der Waals surface area (Å²) in [5.74, 6) is -0.504. The van der Waals surface area contributed by atoms with Gasteiger partial charge in [0.1, 0.15) is 0 Å². The third kappa shape index (κ3) is 1.98. The van der Waals surface area contributed by atoms with Crippen molar-refractivity contribution in [3.63, 3.8) is 0 Å². The minimum absolute atomic E-state index is 0.347. The Hall–Kier alpha value is -1.64. The summed E-state index contributed by atoms with van der Waals surface area (Å²) in [6.45, 7) is 0. The van der Waals surface area contributed by atoms with E-state index in [1.165, 1.54) is 28.9 Å². The molecule has 16 heavy (non-hydrogen) atoms. The average Bonchev–Trinajstić information content (AvgIpc) is 2.36. The van der Waals surface area contributed by atoms with Gasteiger partial charge in [-0.2, -0.15) is 0 Å². The number of nitrogens with zero attached hydrogens (tertiary/aromatic N) is 1. The fraction of sp³-hybridized carbons (Fsp3) is 0.385. The van der Waals surface area contributed by atoms with Crippen LogP contribution in [-0.4, -0.2) is 19.2 Å². The van der Waals surface area contributed by atoms with Crippen LogP contribution < -0.4 is 4.90 Å². The maximum atomic E-state index is 11.2. The molecule has 1 aromatic carbocycles. The molecular weight excluding hydrogens is 202 g/mol. The SMILES string of the molecule is CN(C(=O)C=O)c1ccc2c(c1)CCCC2. The number of hydrogen-bond acceptors (Lipinski definition) is 2. The number of carbonyl (C=O) groups excluding carboxylic acids is 2. The summed E-state index contributed by atoms with van der Waals surface area (Å²) in [4.78, 5) is 23.0. The molecule has 2 rings (SSSR count). The molecule has 1 aliphatic carbocycles. The highest BCUT2D eigenvalue weighted by atomic mass is 16.2. The average molecular weight is 217 g/mol.